The maximum atomic E-state index is 11.7. The summed E-state index contributed by atoms with van der Waals surface area (Å²) in [6.45, 7) is 7.90. The molecule has 0 fully saturated rings. The van der Waals surface area contributed by atoms with Crippen LogP contribution in [0.2, 0.25) is 0 Å². The number of rotatable bonds is 4. The molecule has 1 aromatic carbocycles. The third kappa shape index (κ3) is 2.91. The summed E-state index contributed by atoms with van der Waals surface area (Å²) >= 11 is 0. The van der Waals surface area contributed by atoms with E-state index in [1.165, 1.54) is 12.7 Å². The van der Waals surface area contributed by atoms with Crippen molar-refractivity contribution in [1.82, 2.24) is 0 Å². The summed E-state index contributed by atoms with van der Waals surface area (Å²) in [5, 5.41) is 0. The Kier molecular flexibility index (Phi) is 4.52. The van der Waals surface area contributed by atoms with Crippen molar-refractivity contribution in [2.45, 2.75) is 39.7 Å². The van der Waals surface area contributed by atoms with Gasteiger partial charge in [-0.05, 0) is 30.9 Å². The average Bonchev–Trinajstić information content (AvgIpc) is 2.36. The molecule has 0 heterocycles. The molecule has 1 aromatic rings. The molecule has 0 saturated carbocycles. The van der Waals surface area contributed by atoms with Crippen LogP contribution in [0.25, 0.3) is 0 Å². The van der Waals surface area contributed by atoms with Gasteiger partial charge in [-0.1, -0.05) is 38.1 Å². The first-order chi connectivity index (χ1) is 8.30. The second-order valence-electron chi connectivity index (χ2n) is 5.51. The van der Waals surface area contributed by atoms with Gasteiger partial charge in [-0.3, -0.25) is 4.79 Å². The van der Waals surface area contributed by atoms with Crippen LogP contribution in [0.1, 0.15) is 50.8 Å². The standard InChI is InChI=1S/C15H23NO2/c1-10(2)11-6-8-12(9-7-11)13(16)15(3,4)14(17)18-5/h6-10,13H,16H2,1-5H3/t13-/m0/s1. The van der Waals surface area contributed by atoms with Gasteiger partial charge < -0.3 is 10.5 Å². The zero-order chi connectivity index (χ0) is 13.9. The van der Waals surface area contributed by atoms with Gasteiger partial charge in [0.05, 0.1) is 12.5 Å². The predicted octanol–water partition coefficient (Wildman–Crippen LogP) is 3.01. The number of hydrogen-bond acceptors (Lipinski definition) is 3. The van der Waals surface area contributed by atoms with Gasteiger partial charge in [0.15, 0.2) is 0 Å². The highest BCUT2D eigenvalue weighted by atomic mass is 16.5. The van der Waals surface area contributed by atoms with Crippen molar-refractivity contribution in [2.24, 2.45) is 11.1 Å². The lowest BCUT2D eigenvalue weighted by Gasteiger charge is -2.29. The highest BCUT2D eigenvalue weighted by Crippen LogP contribution is 2.32. The molecule has 0 unspecified atom stereocenters. The molecular weight excluding hydrogens is 226 g/mol. The minimum absolute atomic E-state index is 0.289. The van der Waals surface area contributed by atoms with E-state index in [0.717, 1.165) is 5.56 Å². The topological polar surface area (TPSA) is 52.3 Å². The maximum Gasteiger partial charge on any atom is 0.313 e. The molecule has 1 rings (SSSR count). The van der Waals surface area contributed by atoms with Gasteiger partial charge in [0.1, 0.15) is 0 Å². The Labute approximate surface area is 109 Å². The summed E-state index contributed by atoms with van der Waals surface area (Å²) in [6, 6.07) is 7.74. The van der Waals surface area contributed by atoms with Gasteiger partial charge in [0, 0.05) is 6.04 Å². The summed E-state index contributed by atoms with van der Waals surface area (Å²) < 4.78 is 4.80. The molecule has 0 radical (unpaired) electrons. The van der Waals surface area contributed by atoms with Crippen molar-refractivity contribution >= 4 is 5.97 Å². The van der Waals surface area contributed by atoms with E-state index in [1.807, 2.05) is 12.1 Å². The third-order valence-corrected chi connectivity index (χ3v) is 3.45. The van der Waals surface area contributed by atoms with E-state index in [1.54, 1.807) is 13.8 Å². The fourth-order valence-corrected chi connectivity index (χ4v) is 1.89. The number of esters is 1. The zero-order valence-corrected chi connectivity index (χ0v) is 11.9. The second-order valence-corrected chi connectivity index (χ2v) is 5.51. The van der Waals surface area contributed by atoms with Crippen LogP contribution in [0.15, 0.2) is 24.3 Å². The summed E-state index contributed by atoms with van der Waals surface area (Å²) in [6.07, 6.45) is 0. The number of methoxy groups -OCH3 is 1. The van der Waals surface area contributed by atoms with Gasteiger partial charge in [-0.25, -0.2) is 0 Å². The van der Waals surface area contributed by atoms with Gasteiger partial charge in [0.25, 0.3) is 0 Å². The van der Waals surface area contributed by atoms with Crippen LogP contribution < -0.4 is 5.73 Å². The molecule has 0 bridgehead atoms. The SMILES string of the molecule is COC(=O)C(C)(C)[C@@H](N)c1ccc(C(C)C)cc1. The van der Waals surface area contributed by atoms with Crippen LogP contribution in [0.5, 0.6) is 0 Å². The van der Waals surface area contributed by atoms with Crippen molar-refractivity contribution in [3.05, 3.63) is 35.4 Å². The lowest BCUT2D eigenvalue weighted by atomic mass is 9.80. The van der Waals surface area contributed by atoms with Crippen molar-refractivity contribution in [3.63, 3.8) is 0 Å². The lowest BCUT2D eigenvalue weighted by molar-refractivity contribution is -0.152. The van der Waals surface area contributed by atoms with Crippen molar-refractivity contribution in [2.75, 3.05) is 7.11 Å². The first-order valence-electron chi connectivity index (χ1n) is 6.24. The van der Waals surface area contributed by atoms with Crippen LogP contribution in [0, 0.1) is 5.41 Å². The quantitative estimate of drug-likeness (QED) is 0.834. The Balaban J connectivity index is 2.97. The number of benzene rings is 1. The Morgan fingerprint density at radius 3 is 2.00 bits per heavy atom. The normalized spacial score (nSPS) is 13.5. The largest absolute Gasteiger partial charge is 0.469 e. The van der Waals surface area contributed by atoms with Crippen LogP contribution in [0.4, 0.5) is 0 Å². The van der Waals surface area contributed by atoms with Crippen LogP contribution in [-0.2, 0) is 9.53 Å². The maximum absolute atomic E-state index is 11.7. The molecule has 100 valence electrons. The molecule has 0 saturated heterocycles. The Bertz CT molecular complexity index is 407. The first-order valence-corrected chi connectivity index (χ1v) is 6.24. The Hall–Kier alpha value is -1.35. The van der Waals surface area contributed by atoms with Crippen molar-refractivity contribution in [3.8, 4) is 0 Å². The van der Waals surface area contributed by atoms with Gasteiger partial charge in [0.2, 0.25) is 0 Å². The highest BCUT2D eigenvalue weighted by Gasteiger charge is 2.36. The average molecular weight is 249 g/mol. The fraction of sp³-hybridized carbons (Fsp3) is 0.533. The molecule has 0 spiro atoms. The minimum Gasteiger partial charge on any atom is -0.469 e. The number of ether oxygens (including phenoxy) is 1. The molecule has 3 heteroatoms. The molecule has 0 amide bonds. The van der Waals surface area contributed by atoms with E-state index in [-0.39, 0.29) is 12.0 Å². The van der Waals surface area contributed by atoms with Crippen molar-refractivity contribution < 1.29 is 9.53 Å². The minimum atomic E-state index is -0.728. The summed E-state index contributed by atoms with van der Waals surface area (Å²) in [7, 11) is 1.39. The van der Waals surface area contributed by atoms with Gasteiger partial charge in [-0.15, -0.1) is 0 Å². The van der Waals surface area contributed by atoms with Gasteiger partial charge >= 0.3 is 5.97 Å². The molecule has 3 nitrogen and oxygen atoms in total. The number of hydrogen-bond donors (Lipinski definition) is 1. The zero-order valence-electron chi connectivity index (χ0n) is 11.9. The van der Waals surface area contributed by atoms with E-state index >= 15 is 0 Å². The molecule has 0 aliphatic rings. The van der Waals surface area contributed by atoms with Crippen LogP contribution >= 0.6 is 0 Å². The van der Waals surface area contributed by atoms with E-state index in [2.05, 4.69) is 26.0 Å². The summed E-state index contributed by atoms with van der Waals surface area (Å²) in [4.78, 5) is 11.7. The number of nitrogens with two attached hydrogens (primary N) is 1. The fourth-order valence-electron chi connectivity index (χ4n) is 1.89. The monoisotopic (exact) mass is 249 g/mol. The van der Waals surface area contributed by atoms with Crippen LogP contribution in [0.3, 0.4) is 0 Å². The Morgan fingerprint density at radius 1 is 1.17 bits per heavy atom. The molecule has 0 aliphatic carbocycles. The molecule has 18 heavy (non-hydrogen) atoms. The Morgan fingerprint density at radius 2 is 1.61 bits per heavy atom. The number of carbonyl (C=O) groups excluding carboxylic acids is 1. The molecule has 0 aliphatic heterocycles. The summed E-state index contributed by atoms with van der Waals surface area (Å²) in [5.41, 5.74) is 7.67. The van der Waals surface area contributed by atoms with Crippen molar-refractivity contribution in [1.29, 1.82) is 0 Å². The summed E-state index contributed by atoms with van der Waals surface area (Å²) in [5.74, 6) is 0.201. The first kappa shape index (κ1) is 14.7. The van der Waals surface area contributed by atoms with E-state index in [9.17, 15) is 4.79 Å². The smallest absolute Gasteiger partial charge is 0.313 e. The van der Waals surface area contributed by atoms with Crippen LogP contribution in [-0.4, -0.2) is 13.1 Å². The third-order valence-electron chi connectivity index (χ3n) is 3.45. The van der Waals surface area contributed by atoms with Gasteiger partial charge in [-0.2, -0.15) is 0 Å². The second kappa shape index (κ2) is 5.53. The molecule has 1 atom stereocenters. The molecule has 2 N–H and O–H groups in total. The van der Waals surface area contributed by atoms with E-state index < -0.39 is 5.41 Å². The number of carbonyl (C=O) groups is 1. The van der Waals surface area contributed by atoms with E-state index in [0.29, 0.717) is 5.92 Å². The molecule has 0 aromatic heterocycles. The highest BCUT2D eigenvalue weighted by molar-refractivity contribution is 5.77. The molecular formula is C15H23NO2. The predicted molar refractivity (Wildman–Crippen MR) is 73.3 cm³/mol. The lowest BCUT2D eigenvalue weighted by Crippen LogP contribution is -2.37. The van der Waals surface area contributed by atoms with E-state index in [4.69, 9.17) is 10.5 Å².